The molecule has 0 radical (unpaired) electrons. The van der Waals surface area contributed by atoms with E-state index in [-0.39, 0.29) is 0 Å². The van der Waals surface area contributed by atoms with Crippen LogP contribution < -0.4 is 0 Å². The molecule has 0 heterocycles. The zero-order valence-electron chi connectivity index (χ0n) is 10.4. The second kappa shape index (κ2) is 4.96. The summed E-state index contributed by atoms with van der Waals surface area (Å²) < 4.78 is 0. The van der Waals surface area contributed by atoms with Gasteiger partial charge in [0.15, 0.2) is 6.29 Å². The standard InChI is InChI=1S/C16H14O2/c1-11-6-7-15(12(2)16(11)10-18)14-5-3-4-13(8-14)9-17/h3-10H,1-2H3. The third-order valence-corrected chi connectivity index (χ3v) is 3.18. The van der Waals surface area contributed by atoms with Crippen molar-refractivity contribution >= 4 is 12.6 Å². The Morgan fingerprint density at radius 1 is 0.944 bits per heavy atom. The quantitative estimate of drug-likeness (QED) is 0.766. The van der Waals surface area contributed by atoms with E-state index in [4.69, 9.17) is 0 Å². The molecule has 0 saturated carbocycles. The molecular formula is C16H14O2. The third kappa shape index (κ3) is 2.09. The van der Waals surface area contributed by atoms with Crippen molar-refractivity contribution in [1.82, 2.24) is 0 Å². The van der Waals surface area contributed by atoms with Crippen molar-refractivity contribution in [3.8, 4) is 11.1 Å². The van der Waals surface area contributed by atoms with Crippen molar-refractivity contribution in [1.29, 1.82) is 0 Å². The van der Waals surface area contributed by atoms with Crippen molar-refractivity contribution in [2.75, 3.05) is 0 Å². The number of hydrogen-bond donors (Lipinski definition) is 0. The maximum absolute atomic E-state index is 11.1. The Hall–Kier alpha value is -2.22. The number of aldehydes is 2. The number of carbonyl (C=O) groups is 2. The summed E-state index contributed by atoms with van der Waals surface area (Å²) in [6, 6.07) is 11.3. The van der Waals surface area contributed by atoms with Gasteiger partial charge in [0.1, 0.15) is 6.29 Å². The summed E-state index contributed by atoms with van der Waals surface area (Å²) in [5.74, 6) is 0. The molecule has 0 unspecified atom stereocenters. The normalized spacial score (nSPS) is 10.1. The highest BCUT2D eigenvalue weighted by atomic mass is 16.1. The largest absolute Gasteiger partial charge is 0.298 e. The highest BCUT2D eigenvalue weighted by Crippen LogP contribution is 2.27. The first-order chi connectivity index (χ1) is 8.67. The molecule has 0 saturated heterocycles. The molecule has 2 rings (SSSR count). The van der Waals surface area contributed by atoms with Gasteiger partial charge in [0.25, 0.3) is 0 Å². The number of carbonyl (C=O) groups excluding carboxylic acids is 2. The fourth-order valence-electron chi connectivity index (χ4n) is 2.14. The van der Waals surface area contributed by atoms with Crippen LogP contribution in [-0.4, -0.2) is 12.6 Å². The van der Waals surface area contributed by atoms with Crippen LogP contribution in [0.5, 0.6) is 0 Å². The molecule has 0 spiro atoms. The van der Waals surface area contributed by atoms with Gasteiger partial charge in [-0.3, -0.25) is 9.59 Å². The van der Waals surface area contributed by atoms with Gasteiger partial charge in [-0.25, -0.2) is 0 Å². The van der Waals surface area contributed by atoms with E-state index in [9.17, 15) is 9.59 Å². The monoisotopic (exact) mass is 238 g/mol. The van der Waals surface area contributed by atoms with Crippen molar-refractivity contribution in [3.05, 3.63) is 58.7 Å². The Morgan fingerprint density at radius 3 is 2.39 bits per heavy atom. The molecule has 18 heavy (non-hydrogen) atoms. The van der Waals surface area contributed by atoms with Crippen LogP contribution in [0, 0.1) is 13.8 Å². The van der Waals surface area contributed by atoms with Gasteiger partial charge in [-0.15, -0.1) is 0 Å². The minimum absolute atomic E-state index is 0.639. The molecule has 2 nitrogen and oxygen atoms in total. The van der Waals surface area contributed by atoms with Crippen molar-refractivity contribution < 1.29 is 9.59 Å². The second-order valence-electron chi connectivity index (χ2n) is 4.33. The predicted molar refractivity (Wildman–Crippen MR) is 72.1 cm³/mol. The summed E-state index contributed by atoms with van der Waals surface area (Å²) in [6.07, 6.45) is 1.71. The summed E-state index contributed by atoms with van der Waals surface area (Å²) in [5.41, 5.74) is 5.24. The summed E-state index contributed by atoms with van der Waals surface area (Å²) >= 11 is 0. The Morgan fingerprint density at radius 2 is 1.72 bits per heavy atom. The average molecular weight is 238 g/mol. The molecule has 0 fully saturated rings. The molecule has 0 aliphatic carbocycles. The van der Waals surface area contributed by atoms with Gasteiger partial charge in [-0.05, 0) is 42.2 Å². The van der Waals surface area contributed by atoms with E-state index < -0.39 is 0 Å². The zero-order valence-corrected chi connectivity index (χ0v) is 10.4. The molecular weight excluding hydrogens is 224 g/mol. The van der Waals surface area contributed by atoms with Crippen LogP contribution in [0.15, 0.2) is 36.4 Å². The van der Waals surface area contributed by atoms with E-state index in [2.05, 4.69) is 0 Å². The zero-order chi connectivity index (χ0) is 13.1. The lowest BCUT2D eigenvalue weighted by Crippen LogP contribution is -1.95. The van der Waals surface area contributed by atoms with Crippen LogP contribution in [0.2, 0.25) is 0 Å². The Balaban J connectivity index is 2.63. The van der Waals surface area contributed by atoms with Gasteiger partial charge < -0.3 is 0 Å². The topological polar surface area (TPSA) is 34.1 Å². The van der Waals surface area contributed by atoms with E-state index in [1.165, 1.54) is 0 Å². The lowest BCUT2D eigenvalue weighted by atomic mass is 9.93. The first-order valence-corrected chi connectivity index (χ1v) is 5.78. The molecule has 2 heteroatoms. The van der Waals surface area contributed by atoms with E-state index in [0.29, 0.717) is 5.56 Å². The van der Waals surface area contributed by atoms with Crippen LogP contribution in [0.1, 0.15) is 31.8 Å². The van der Waals surface area contributed by atoms with Crippen molar-refractivity contribution in [2.24, 2.45) is 0 Å². The maximum Gasteiger partial charge on any atom is 0.150 e. The fraction of sp³-hybridized carbons (Fsp3) is 0.125. The van der Waals surface area contributed by atoms with Gasteiger partial charge in [-0.2, -0.15) is 0 Å². The lowest BCUT2D eigenvalue weighted by molar-refractivity contribution is 0.111. The second-order valence-corrected chi connectivity index (χ2v) is 4.33. The number of rotatable bonds is 3. The molecule has 2 aromatic carbocycles. The van der Waals surface area contributed by atoms with Crippen molar-refractivity contribution in [3.63, 3.8) is 0 Å². The van der Waals surface area contributed by atoms with E-state index in [0.717, 1.165) is 40.4 Å². The number of hydrogen-bond acceptors (Lipinski definition) is 2. The molecule has 90 valence electrons. The number of aryl methyl sites for hydroxylation is 1. The molecule has 0 amide bonds. The average Bonchev–Trinajstić information content (AvgIpc) is 2.39. The molecule has 0 N–H and O–H groups in total. The Kier molecular flexibility index (Phi) is 3.38. The van der Waals surface area contributed by atoms with Crippen LogP contribution in [0.25, 0.3) is 11.1 Å². The molecule has 2 aromatic rings. The van der Waals surface area contributed by atoms with Gasteiger partial charge >= 0.3 is 0 Å². The maximum atomic E-state index is 11.1. The minimum atomic E-state index is 0.639. The summed E-state index contributed by atoms with van der Waals surface area (Å²) in [4.78, 5) is 21.9. The van der Waals surface area contributed by atoms with Gasteiger partial charge in [0.2, 0.25) is 0 Å². The Labute approximate surface area is 106 Å². The summed E-state index contributed by atoms with van der Waals surface area (Å²) in [5, 5.41) is 0. The fourth-order valence-corrected chi connectivity index (χ4v) is 2.14. The van der Waals surface area contributed by atoms with Crippen LogP contribution in [-0.2, 0) is 0 Å². The van der Waals surface area contributed by atoms with E-state index >= 15 is 0 Å². The highest BCUT2D eigenvalue weighted by molar-refractivity contribution is 5.86. The summed E-state index contributed by atoms with van der Waals surface area (Å²) in [6.45, 7) is 3.85. The van der Waals surface area contributed by atoms with Crippen molar-refractivity contribution in [2.45, 2.75) is 13.8 Å². The van der Waals surface area contributed by atoms with Gasteiger partial charge in [0, 0.05) is 11.1 Å². The smallest absolute Gasteiger partial charge is 0.150 e. The molecule has 0 bridgehead atoms. The van der Waals surface area contributed by atoms with Gasteiger partial charge in [0.05, 0.1) is 0 Å². The molecule has 0 aliphatic rings. The van der Waals surface area contributed by atoms with Crippen LogP contribution in [0.3, 0.4) is 0 Å². The first kappa shape index (κ1) is 12.2. The highest BCUT2D eigenvalue weighted by Gasteiger charge is 2.08. The van der Waals surface area contributed by atoms with E-state index in [1.807, 2.05) is 44.2 Å². The lowest BCUT2D eigenvalue weighted by Gasteiger charge is -2.11. The minimum Gasteiger partial charge on any atom is -0.298 e. The molecule has 0 aliphatic heterocycles. The molecule has 0 aromatic heterocycles. The first-order valence-electron chi connectivity index (χ1n) is 5.78. The Bertz CT molecular complexity index is 612. The predicted octanol–water partition coefficient (Wildman–Crippen LogP) is 3.60. The van der Waals surface area contributed by atoms with Gasteiger partial charge in [-0.1, -0.05) is 30.3 Å². The third-order valence-electron chi connectivity index (χ3n) is 3.18. The number of benzene rings is 2. The SMILES string of the molecule is Cc1ccc(-c2cccc(C=O)c2)c(C)c1C=O. The van der Waals surface area contributed by atoms with Crippen LogP contribution in [0.4, 0.5) is 0 Å². The van der Waals surface area contributed by atoms with Crippen LogP contribution >= 0.6 is 0 Å². The van der Waals surface area contributed by atoms with E-state index in [1.54, 1.807) is 6.07 Å². The molecule has 0 atom stereocenters. The summed E-state index contributed by atoms with van der Waals surface area (Å²) in [7, 11) is 0.